The molecular formula is C40H46ClO2P. The molecule has 0 saturated carbocycles. The third-order valence-electron chi connectivity index (χ3n) is 8.49. The maximum Gasteiger partial charge on any atom is 0.303 e. The van der Waals surface area contributed by atoms with Crippen LogP contribution in [-0.2, 0) is 9.53 Å². The molecule has 230 valence electrons. The fraction of sp³-hybridized carbons (Fsp3) is 0.275. The van der Waals surface area contributed by atoms with Gasteiger partial charge < -0.3 is 17.1 Å². The molecule has 0 N–H and O–H groups in total. The Bertz CT molecular complexity index is 1430. The predicted molar refractivity (Wildman–Crippen MR) is 187 cm³/mol. The molecule has 44 heavy (non-hydrogen) atoms. The Balaban J connectivity index is 0.00000529. The fourth-order valence-electron chi connectivity index (χ4n) is 6.04. The second-order valence-corrected chi connectivity index (χ2v) is 15.7. The van der Waals surface area contributed by atoms with Gasteiger partial charge in [0.15, 0.2) is 0 Å². The molecular weight excluding hydrogens is 579 g/mol. The van der Waals surface area contributed by atoms with Crippen molar-refractivity contribution in [1.29, 1.82) is 0 Å². The maximum atomic E-state index is 11.6. The summed E-state index contributed by atoms with van der Waals surface area (Å²) in [6, 6.07) is 33.1. The van der Waals surface area contributed by atoms with Crippen molar-refractivity contribution in [3.05, 3.63) is 150 Å². The van der Waals surface area contributed by atoms with E-state index in [1.165, 1.54) is 39.6 Å². The van der Waals surface area contributed by atoms with Crippen LogP contribution in [0, 0.1) is 5.41 Å². The lowest BCUT2D eigenvalue weighted by Crippen LogP contribution is -3.00. The summed E-state index contributed by atoms with van der Waals surface area (Å²) in [6.45, 7) is 12.5. The molecule has 2 nitrogen and oxygen atoms in total. The molecule has 0 radical (unpaired) electrons. The topological polar surface area (TPSA) is 26.3 Å². The molecule has 1 unspecified atom stereocenters. The summed E-state index contributed by atoms with van der Waals surface area (Å²) in [4.78, 5) is 11.6. The highest BCUT2D eigenvalue weighted by Crippen LogP contribution is 2.55. The van der Waals surface area contributed by atoms with E-state index in [0.717, 1.165) is 24.6 Å². The zero-order valence-corrected chi connectivity index (χ0v) is 28.6. The predicted octanol–water partition coefficient (Wildman–Crippen LogP) is 6.06. The zero-order chi connectivity index (χ0) is 30.9. The van der Waals surface area contributed by atoms with E-state index in [2.05, 4.69) is 162 Å². The number of ether oxygens (including phenoxy) is 1. The Labute approximate surface area is 272 Å². The average Bonchev–Trinajstić information content (AvgIpc) is 3.00. The first-order valence-electron chi connectivity index (χ1n) is 15.3. The molecule has 0 bridgehead atoms. The summed E-state index contributed by atoms with van der Waals surface area (Å²) in [7, 11) is -1.89. The normalized spacial score (nSPS) is 17.5. The van der Waals surface area contributed by atoms with E-state index in [-0.39, 0.29) is 29.9 Å². The maximum absolute atomic E-state index is 11.6. The summed E-state index contributed by atoms with van der Waals surface area (Å²) in [5, 5.41) is 4.19. The quantitative estimate of drug-likeness (QED) is 0.156. The van der Waals surface area contributed by atoms with Crippen LogP contribution in [0.3, 0.4) is 0 Å². The van der Waals surface area contributed by atoms with Crippen LogP contribution in [0.25, 0.3) is 0 Å². The van der Waals surface area contributed by atoms with Crippen LogP contribution in [0.5, 0.6) is 0 Å². The summed E-state index contributed by atoms with van der Waals surface area (Å²) >= 11 is 0. The van der Waals surface area contributed by atoms with E-state index >= 15 is 0 Å². The highest BCUT2D eigenvalue weighted by molar-refractivity contribution is 7.95. The van der Waals surface area contributed by atoms with Gasteiger partial charge in [-0.1, -0.05) is 110 Å². The lowest BCUT2D eigenvalue weighted by atomic mass is 9.71. The minimum Gasteiger partial charge on any atom is -1.00 e. The van der Waals surface area contributed by atoms with Crippen molar-refractivity contribution in [2.75, 3.05) is 6.16 Å². The Kier molecular flexibility index (Phi) is 12.8. The molecule has 1 aliphatic carbocycles. The van der Waals surface area contributed by atoms with Crippen LogP contribution < -0.4 is 28.3 Å². The molecule has 1 aliphatic rings. The molecule has 4 rings (SSSR count). The first-order chi connectivity index (χ1) is 20.6. The van der Waals surface area contributed by atoms with Gasteiger partial charge in [-0.25, -0.2) is 0 Å². The molecule has 0 amide bonds. The molecule has 3 aromatic rings. The minimum atomic E-state index is -1.89. The Hall–Kier alpha value is -3.45. The van der Waals surface area contributed by atoms with Gasteiger partial charge in [-0.05, 0) is 92.6 Å². The number of rotatable bonds is 10. The minimum absolute atomic E-state index is 0. The first-order valence-corrected chi connectivity index (χ1v) is 17.2. The Morgan fingerprint density at radius 2 is 1.32 bits per heavy atom. The van der Waals surface area contributed by atoms with E-state index in [0.29, 0.717) is 0 Å². The van der Waals surface area contributed by atoms with Crippen LogP contribution in [0.4, 0.5) is 0 Å². The number of benzene rings is 3. The number of allylic oxidation sites excluding steroid dienone is 9. The zero-order valence-electron chi connectivity index (χ0n) is 27.0. The third kappa shape index (κ3) is 8.59. The van der Waals surface area contributed by atoms with E-state index in [9.17, 15) is 4.79 Å². The van der Waals surface area contributed by atoms with Crippen LogP contribution in [0.2, 0.25) is 0 Å². The first kappa shape index (κ1) is 35.0. The van der Waals surface area contributed by atoms with Crippen molar-refractivity contribution in [1.82, 2.24) is 0 Å². The van der Waals surface area contributed by atoms with Crippen molar-refractivity contribution in [3.63, 3.8) is 0 Å². The third-order valence-corrected chi connectivity index (χ3v) is 12.8. The fourth-order valence-corrected chi connectivity index (χ4v) is 10.2. The Morgan fingerprint density at radius 3 is 1.80 bits per heavy atom. The molecule has 0 saturated heterocycles. The van der Waals surface area contributed by atoms with Crippen LogP contribution in [0.15, 0.2) is 150 Å². The summed E-state index contributed by atoms with van der Waals surface area (Å²) in [5.41, 5.74) is 4.90. The molecule has 0 aromatic heterocycles. The highest BCUT2D eigenvalue weighted by atomic mass is 35.5. The lowest BCUT2D eigenvalue weighted by Gasteiger charge is -2.36. The molecule has 1 atom stereocenters. The van der Waals surface area contributed by atoms with Crippen LogP contribution in [0.1, 0.15) is 54.4 Å². The summed E-state index contributed by atoms with van der Waals surface area (Å²) in [6.07, 6.45) is 16.0. The van der Waals surface area contributed by atoms with Gasteiger partial charge in [0, 0.05) is 6.92 Å². The molecule has 3 aromatic carbocycles. The van der Waals surface area contributed by atoms with Crippen molar-refractivity contribution >= 4 is 29.1 Å². The molecule has 0 aliphatic heterocycles. The molecule has 0 spiro atoms. The highest BCUT2D eigenvalue weighted by Gasteiger charge is 2.44. The standard InChI is InChI=1S/C40H46O2P.ClH/c1-31(25-26-38-33(3)39(42-34(4)41)27-29-40(38,5)6)17-16-18-32(2)28-30-43(35-19-10-7-11-20-35,36-21-12-8-13-22-36)37-23-14-9-15-24-37;/h7-26,28,39H,27,29-30H2,1-6H3;1H/q+1;/p-1/b18-16+,26-25+,31-17+,32-28+;. The van der Waals surface area contributed by atoms with Crippen LogP contribution >= 0.6 is 7.26 Å². The van der Waals surface area contributed by atoms with Crippen molar-refractivity contribution in [3.8, 4) is 0 Å². The number of esters is 1. The lowest BCUT2D eigenvalue weighted by molar-refractivity contribution is -0.145. The van der Waals surface area contributed by atoms with E-state index in [1.807, 2.05) is 0 Å². The molecule has 0 heterocycles. The van der Waals surface area contributed by atoms with Gasteiger partial charge >= 0.3 is 5.97 Å². The SMILES string of the molecule is CC(=O)OC1CCC(C)(C)C(/C=C/C(C)=C/C=C/C(C)=C/C[P+](c2ccccc2)(c2ccccc2)c2ccccc2)=C1C.[Cl-]. The van der Waals surface area contributed by atoms with Gasteiger partial charge in [-0.3, -0.25) is 4.79 Å². The molecule has 0 fully saturated rings. The number of hydrogen-bond acceptors (Lipinski definition) is 2. The van der Waals surface area contributed by atoms with Gasteiger partial charge in [0.1, 0.15) is 29.3 Å². The van der Waals surface area contributed by atoms with Gasteiger partial charge in [0.25, 0.3) is 0 Å². The van der Waals surface area contributed by atoms with E-state index in [4.69, 9.17) is 4.74 Å². The van der Waals surface area contributed by atoms with Gasteiger partial charge in [0.05, 0.1) is 6.16 Å². The van der Waals surface area contributed by atoms with Crippen molar-refractivity contribution in [2.24, 2.45) is 5.41 Å². The largest absolute Gasteiger partial charge is 1.00 e. The van der Waals surface area contributed by atoms with E-state index in [1.54, 1.807) is 0 Å². The monoisotopic (exact) mass is 624 g/mol. The number of hydrogen-bond donors (Lipinski definition) is 0. The number of carbonyl (C=O) groups excluding carboxylic acids is 1. The molecule has 4 heteroatoms. The second-order valence-electron chi connectivity index (χ2n) is 12.2. The second kappa shape index (κ2) is 16.0. The van der Waals surface area contributed by atoms with Gasteiger partial charge in [-0.2, -0.15) is 0 Å². The van der Waals surface area contributed by atoms with Crippen molar-refractivity contribution < 1.29 is 21.9 Å². The van der Waals surface area contributed by atoms with Crippen LogP contribution in [-0.4, -0.2) is 18.2 Å². The number of carbonyl (C=O) groups is 1. The summed E-state index contributed by atoms with van der Waals surface area (Å²) in [5.74, 6) is -0.215. The van der Waals surface area contributed by atoms with Gasteiger partial charge in [0.2, 0.25) is 0 Å². The van der Waals surface area contributed by atoms with E-state index < -0.39 is 7.26 Å². The number of halogens is 1. The smallest absolute Gasteiger partial charge is 0.303 e. The summed E-state index contributed by atoms with van der Waals surface area (Å²) < 4.78 is 5.60. The van der Waals surface area contributed by atoms with Crippen molar-refractivity contribution in [2.45, 2.75) is 60.5 Å². The Morgan fingerprint density at radius 1 is 0.818 bits per heavy atom. The van der Waals surface area contributed by atoms with Gasteiger partial charge in [-0.15, -0.1) is 0 Å². The average molecular weight is 625 g/mol.